The second-order valence-electron chi connectivity index (χ2n) is 5.20. The van der Waals surface area contributed by atoms with Crippen molar-refractivity contribution >= 4 is 38.9 Å². The Morgan fingerprint density at radius 3 is 2.67 bits per heavy atom. The van der Waals surface area contributed by atoms with Crippen molar-refractivity contribution in [2.24, 2.45) is 0 Å². The molecule has 0 saturated heterocycles. The Morgan fingerprint density at radius 2 is 1.96 bits per heavy atom. The molecule has 0 aliphatic carbocycles. The third kappa shape index (κ3) is 3.38. The Bertz CT molecular complexity index is 860. The molecule has 4 nitrogen and oxygen atoms in total. The van der Waals surface area contributed by atoms with Gasteiger partial charge in [0.15, 0.2) is 6.10 Å². The molecule has 1 amide bonds. The van der Waals surface area contributed by atoms with E-state index in [9.17, 15) is 9.90 Å². The number of ether oxygens (including phenoxy) is 1. The highest BCUT2D eigenvalue weighted by Gasteiger charge is 2.24. The van der Waals surface area contributed by atoms with Crippen LogP contribution in [0.5, 0.6) is 5.75 Å². The Kier molecular flexibility index (Phi) is 5.04. The van der Waals surface area contributed by atoms with E-state index in [4.69, 9.17) is 16.3 Å². The van der Waals surface area contributed by atoms with Crippen molar-refractivity contribution in [2.75, 3.05) is 7.05 Å². The van der Waals surface area contributed by atoms with Gasteiger partial charge >= 0.3 is 0 Å². The quantitative estimate of drug-likeness (QED) is 0.724. The molecule has 24 heavy (non-hydrogen) atoms. The van der Waals surface area contributed by atoms with Crippen LogP contribution in [-0.4, -0.2) is 18.1 Å². The van der Waals surface area contributed by atoms with Gasteiger partial charge in [-0.1, -0.05) is 29.8 Å². The summed E-state index contributed by atoms with van der Waals surface area (Å²) in [6.07, 6.45) is -1.21. The Balaban J connectivity index is 1.95. The number of likely N-dealkylation sites (N-methyl/N-ethyl adjacent to an activating group) is 1. The summed E-state index contributed by atoms with van der Waals surface area (Å²) in [5.41, 5.74) is 0.821. The standard InChI is InChI=1S/C18H16ClNO3S/c1-20-18(22)16(21)17-14(13-4-2-3-5-15(13)24-17)10-23-12-8-6-11(19)7-9-12/h2-9,16,21H,10H2,1H3,(H,20,22). The minimum absolute atomic E-state index is 0.259. The molecule has 6 heteroatoms. The molecule has 0 fully saturated rings. The van der Waals surface area contributed by atoms with Crippen LogP contribution in [0, 0.1) is 0 Å². The van der Waals surface area contributed by atoms with Gasteiger partial charge in [-0.05, 0) is 35.7 Å². The third-order valence-electron chi connectivity index (χ3n) is 3.67. The largest absolute Gasteiger partial charge is 0.489 e. The van der Waals surface area contributed by atoms with Crippen LogP contribution in [0.2, 0.25) is 5.02 Å². The SMILES string of the molecule is CNC(=O)C(O)c1sc2ccccc2c1COc1ccc(Cl)cc1. The first kappa shape index (κ1) is 16.8. The minimum atomic E-state index is -1.21. The Hall–Kier alpha value is -2.08. The number of thiophene rings is 1. The van der Waals surface area contributed by atoms with Crippen molar-refractivity contribution in [1.82, 2.24) is 5.32 Å². The van der Waals surface area contributed by atoms with Crippen molar-refractivity contribution < 1.29 is 14.6 Å². The molecule has 1 heterocycles. The lowest BCUT2D eigenvalue weighted by molar-refractivity contribution is -0.128. The van der Waals surface area contributed by atoms with Gasteiger partial charge in [-0.2, -0.15) is 0 Å². The molecule has 0 aliphatic rings. The second kappa shape index (κ2) is 7.21. The number of benzene rings is 2. The highest BCUT2D eigenvalue weighted by molar-refractivity contribution is 7.19. The first-order valence-electron chi connectivity index (χ1n) is 7.38. The van der Waals surface area contributed by atoms with E-state index in [1.165, 1.54) is 18.4 Å². The van der Waals surface area contributed by atoms with E-state index in [1.54, 1.807) is 24.3 Å². The summed E-state index contributed by atoms with van der Waals surface area (Å²) in [5.74, 6) is 0.240. The summed E-state index contributed by atoms with van der Waals surface area (Å²) in [5, 5.41) is 14.4. The molecule has 2 N–H and O–H groups in total. The van der Waals surface area contributed by atoms with E-state index < -0.39 is 12.0 Å². The number of hydrogen-bond donors (Lipinski definition) is 2. The molecule has 124 valence electrons. The van der Waals surface area contributed by atoms with Crippen LogP contribution in [0.4, 0.5) is 0 Å². The number of aliphatic hydroxyl groups is 1. The molecular weight excluding hydrogens is 346 g/mol. The van der Waals surface area contributed by atoms with Crippen LogP contribution in [0.1, 0.15) is 16.5 Å². The van der Waals surface area contributed by atoms with Crippen molar-refractivity contribution in [1.29, 1.82) is 0 Å². The maximum atomic E-state index is 11.8. The van der Waals surface area contributed by atoms with Crippen LogP contribution in [0.25, 0.3) is 10.1 Å². The fraction of sp³-hybridized carbons (Fsp3) is 0.167. The number of nitrogens with one attached hydrogen (secondary N) is 1. The van der Waals surface area contributed by atoms with Gasteiger partial charge < -0.3 is 15.2 Å². The fourth-order valence-corrected chi connectivity index (χ4v) is 3.75. The van der Waals surface area contributed by atoms with Crippen LogP contribution < -0.4 is 10.1 Å². The second-order valence-corrected chi connectivity index (χ2v) is 6.72. The third-order valence-corrected chi connectivity index (χ3v) is 5.19. The van der Waals surface area contributed by atoms with Gasteiger partial charge in [0.2, 0.25) is 0 Å². The number of hydrogen-bond acceptors (Lipinski definition) is 4. The van der Waals surface area contributed by atoms with Crippen molar-refractivity contribution in [2.45, 2.75) is 12.7 Å². The molecule has 1 atom stereocenters. The van der Waals surface area contributed by atoms with Crippen molar-refractivity contribution in [3.63, 3.8) is 0 Å². The summed E-state index contributed by atoms with van der Waals surface area (Å²) in [6, 6.07) is 14.9. The molecule has 2 aromatic carbocycles. The number of carbonyl (C=O) groups is 1. The predicted molar refractivity (Wildman–Crippen MR) is 96.6 cm³/mol. The number of aliphatic hydroxyl groups excluding tert-OH is 1. The number of halogens is 1. The monoisotopic (exact) mass is 361 g/mol. The van der Waals surface area contributed by atoms with E-state index in [-0.39, 0.29) is 6.61 Å². The predicted octanol–water partition coefficient (Wildman–Crippen LogP) is 3.91. The van der Waals surface area contributed by atoms with Gasteiger partial charge in [0, 0.05) is 22.3 Å². The minimum Gasteiger partial charge on any atom is -0.489 e. The topological polar surface area (TPSA) is 58.6 Å². The summed E-state index contributed by atoms with van der Waals surface area (Å²) in [6.45, 7) is 0.259. The summed E-state index contributed by atoms with van der Waals surface area (Å²) in [7, 11) is 1.50. The number of fused-ring (bicyclic) bond motifs is 1. The Morgan fingerprint density at radius 1 is 1.25 bits per heavy atom. The smallest absolute Gasteiger partial charge is 0.254 e. The number of amides is 1. The van der Waals surface area contributed by atoms with E-state index in [0.717, 1.165) is 15.6 Å². The van der Waals surface area contributed by atoms with Crippen LogP contribution in [-0.2, 0) is 11.4 Å². The van der Waals surface area contributed by atoms with Crippen LogP contribution in [0.15, 0.2) is 48.5 Å². The van der Waals surface area contributed by atoms with Gasteiger partial charge in [-0.25, -0.2) is 0 Å². The normalized spacial score (nSPS) is 12.1. The first-order chi connectivity index (χ1) is 11.6. The highest BCUT2D eigenvalue weighted by atomic mass is 35.5. The highest BCUT2D eigenvalue weighted by Crippen LogP contribution is 2.36. The number of rotatable bonds is 5. The maximum absolute atomic E-state index is 11.8. The zero-order chi connectivity index (χ0) is 17.1. The Labute approximate surface area is 148 Å². The fourth-order valence-electron chi connectivity index (χ4n) is 2.43. The van der Waals surface area contributed by atoms with Gasteiger partial charge in [0.05, 0.1) is 4.88 Å². The van der Waals surface area contributed by atoms with Gasteiger partial charge in [0.25, 0.3) is 5.91 Å². The van der Waals surface area contributed by atoms with E-state index in [1.807, 2.05) is 24.3 Å². The molecule has 3 aromatic rings. The maximum Gasteiger partial charge on any atom is 0.254 e. The molecule has 3 rings (SSSR count). The summed E-state index contributed by atoms with van der Waals surface area (Å²) >= 11 is 7.28. The van der Waals surface area contributed by atoms with Crippen molar-refractivity contribution in [3.8, 4) is 5.75 Å². The van der Waals surface area contributed by atoms with Gasteiger partial charge in [-0.15, -0.1) is 11.3 Å². The molecule has 0 bridgehead atoms. The molecular formula is C18H16ClNO3S. The number of carbonyl (C=O) groups excluding carboxylic acids is 1. The van der Waals surface area contributed by atoms with E-state index in [0.29, 0.717) is 15.6 Å². The zero-order valence-electron chi connectivity index (χ0n) is 13.0. The first-order valence-corrected chi connectivity index (χ1v) is 8.58. The molecule has 0 aliphatic heterocycles. The molecule has 0 spiro atoms. The lowest BCUT2D eigenvalue weighted by Gasteiger charge is -2.12. The van der Waals surface area contributed by atoms with E-state index in [2.05, 4.69) is 5.32 Å². The lowest BCUT2D eigenvalue weighted by atomic mass is 10.1. The molecule has 0 saturated carbocycles. The summed E-state index contributed by atoms with van der Waals surface area (Å²) in [4.78, 5) is 12.4. The van der Waals surface area contributed by atoms with Crippen molar-refractivity contribution in [3.05, 3.63) is 64.0 Å². The molecule has 0 radical (unpaired) electrons. The average Bonchev–Trinajstić information content (AvgIpc) is 2.98. The molecule has 1 unspecified atom stereocenters. The zero-order valence-corrected chi connectivity index (χ0v) is 14.5. The van der Waals surface area contributed by atoms with Crippen LogP contribution >= 0.6 is 22.9 Å². The average molecular weight is 362 g/mol. The van der Waals surface area contributed by atoms with Crippen LogP contribution in [0.3, 0.4) is 0 Å². The summed E-state index contributed by atoms with van der Waals surface area (Å²) < 4.78 is 6.83. The molecule has 1 aromatic heterocycles. The van der Waals surface area contributed by atoms with E-state index >= 15 is 0 Å². The van der Waals surface area contributed by atoms with Gasteiger partial charge in [0.1, 0.15) is 12.4 Å². The lowest BCUT2D eigenvalue weighted by Crippen LogP contribution is -2.25. The van der Waals surface area contributed by atoms with Gasteiger partial charge in [-0.3, -0.25) is 4.79 Å².